The normalized spacial score (nSPS) is 14.8. The summed E-state index contributed by atoms with van der Waals surface area (Å²) in [5, 5.41) is 41.0. The number of amides is 4. The van der Waals surface area contributed by atoms with Crippen LogP contribution in [0.3, 0.4) is 0 Å². The first-order valence-electron chi connectivity index (χ1n) is 25.6. The van der Waals surface area contributed by atoms with Crippen molar-refractivity contribution in [2.24, 2.45) is 40.1 Å². The maximum Gasteiger partial charge on any atom is 0.245 e. The van der Waals surface area contributed by atoms with Gasteiger partial charge in [-0.2, -0.15) is 0 Å². The van der Waals surface area contributed by atoms with Gasteiger partial charge in [0.2, 0.25) is 23.6 Å². The molecular formula is C52H89N7O10. The van der Waals surface area contributed by atoms with E-state index in [0.717, 1.165) is 24.8 Å². The Kier molecular flexibility index (Phi) is 32.7. The molecule has 0 bridgehead atoms. The number of nitrogens with zero attached hydrogens (tertiary/aromatic N) is 1. The third-order valence-corrected chi connectivity index (χ3v) is 12.5. The third-order valence-electron chi connectivity index (χ3n) is 12.5. The molecule has 0 radical (unpaired) electrons. The molecule has 0 saturated carbocycles. The minimum absolute atomic E-state index is 0.0311. The summed E-state index contributed by atoms with van der Waals surface area (Å²) in [4.78, 5) is 97.9. The minimum Gasteiger partial charge on any atom is -0.396 e. The van der Waals surface area contributed by atoms with Crippen molar-refractivity contribution >= 4 is 46.9 Å². The zero-order chi connectivity index (χ0) is 51.7. The van der Waals surface area contributed by atoms with Crippen LogP contribution in [0.5, 0.6) is 0 Å². The van der Waals surface area contributed by atoms with Crippen LogP contribution in [0.2, 0.25) is 0 Å². The van der Waals surface area contributed by atoms with Crippen LogP contribution in [0.4, 0.5) is 0 Å². The molecule has 8 atom stereocenters. The van der Waals surface area contributed by atoms with Crippen molar-refractivity contribution in [3.05, 3.63) is 35.9 Å². The Balaban J connectivity index is 2.89. The second-order valence-corrected chi connectivity index (χ2v) is 19.3. The van der Waals surface area contributed by atoms with Gasteiger partial charge in [-0.25, -0.2) is 0 Å². The van der Waals surface area contributed by atoms with Crippen LogP contribution < -0.4 is 32.7 Å². The highest BCUT2D eigenvalue weighted by Gasteiger charge is 2.35. The maximum absolute atomic E-state index is 14.0. The Morgan fingerprint density at radius 3 is 1.67 bits per heavy atom. The lowest BCUT2D eigenvalue weighted by molar-refractivity contribution is -0.136. The van der Waals surface area contributed by atoms with Crippen molar-refractivity contribution < 1.29 is 48.9 Å². The van der Waals surface area contributed by atoms with E-state index in [9.17, 15) is 48.9 Å². The van der Waals surface area contributed by atoms with Crippen molar-refractivity contribution in [2.45, 2.75) is 200 Å². The van der Waals surface area contributed by atoms with Gasteiger partial charge in [0, 0.05) is 38.1 Å². The lowest BCUT2D eigenvalue weighted by Crippen LogP contribution is -2.57. The molecule has 17 heteroatoms. The number of unbranched alkanes of at least 4 members (excludes halogenated alkanes) is 12. The Morgan fingerprint density at radius 2 is 1.14 bits per heavy atom. The molecular weight excluding hydrogens is 883 g/mol. The largest absolute Gasteiger partial charge is 0.396 e. The number of guanidine groups is 1. The average molecular weight is 972 g/mol. The highest BCUT2D eigenvalue weighted by molar-refractivity contribution is 5.97. The van der Waals surface area contributed by atoms with Crippen LogP contribution in [0.1, 0.15) is 169 Å². The number of nitrogens with one attached hydrogen (secondary N) is 4. The fourth-order valence-corrected chi connectivity index (χ4v) is 8.17. The smallest absolute Gasteiger partial charge is 0.245 e. The Bertz CT molecular complexity index is 1710. The summed E-state index contributed by atoms with van der Waals surface area (Å²) in [5.74, 6) is -6.91. The lowest BCUT2D eigenvalue weighted by atomic mass is 9.88. The molecule has 0 aliphatic heterocycles. The predicted molar refractivity (Wildman–Crippen MR) is 269 cm³/mol. The van der Waals surface area contributed by atoms with Gasteiger partial charge in [0.15, 0.2) is 23.3 Å². The summed E-state index contributed by atoms with van der Waals surface area (Å²) in [7, 11) is 0. The minimum atomic E-state index is -1.31. The SMILES string of the molecule is CCCCCCCCCCCCCCCC(=O)N[C@H](C(=O)N[C@H](C(=O)C[C@@H](Cc1ccccc1)C(=O)N[C@@H](C)C(=O)C[C@@H](CO)C(=O)N[C@@H](CO)C(=O)C[C@H](C)CCCN=C(N)N)C(C)C)[C@@H](C)O. The van der Waals surface area contributed by atoms with E-state index in [1.807, 2.05) is 6.92 Å². The Hall–Kier alpha value is -4.74. The van der Waals surface area contributed by atoms with E-state index in [1.54, 1.807) is 44.2 Å². The number of carbonyl (C=O) groups excluding carboxylic acids is 7. The zero-order valence-corrected chi connectivity index (χ0v) is 42.6. The number of hydrogen-bond donors (Lipinski definition) is 9. The van der Waals surface area contributed by atoms with Crippen molar-refractivity contribution in [3.8, 4) is 0 Å². The van der Waals surface area contributed by atoms with E-state index in [1.165, 1.54) is 71.6 Å². The van der Waals surface area contributed by atoms with E-state index in [-0.39, 0.29) is 43.5 Å². The number of aliphatic hydroxyl groups excluding tert-OH is 3. The van der Waals surface area contributed by atoms with Gasteiger partial charge in [0.25, 0.3) is 0 Å². The van der Waals surface area contributed by atoms with Gasteiger partial charge in [-0.05, 0) is 56.9 Å². The van der Waals surface area contributed by atoms with E-state index in [0.29, 0.717) is 25.8 Å². The van der Waals surface area contributed by atoms with Gasteiger partial charge in [-0.15, -0.1) is 0 Å². The summed E-state index contributed by atoms with van der Waals surface area (Å²) in [6, 6.07) is 4.14. The number of rotatable bonds is 40. The number of aliphatic hydroxyl groups is 3. The van der Waals surface area contributed by atoms with Gasteiger partial charge < -0.3 is 48.1 Å². The molecule has 1 rings (SSSR count). The molecule has 0 aliphatic carbocycles. The number of benzene rings is 1. The average Bonchev–Trinajstić information content (AvgIpc) is 3.30. The molecule has 17 nitrogen and oxygen atoms in total. The second kappa shape index (κ2) is 36.2. The van der Waals surface area contributed by atoms with Gasteiger partial charge in [-0.3, -0.25) is 38.6 Å². The molecule has 0 fully saturated rings. The maximum atomic E-state index is 14.0. The first kappa shape index (κ1) is 62.3. The first-order valence-corrected chi connectivity index (χ1v) is 25.6. The first-order chi connectivity index (χ1) is 32.8. The van der Waals surface area contributed by atoms with E-state index >= 15 is 0 Å². The van der Waals surface area contributed by atoms with Crippen LogP contribution in [-0.4, -0.2) is 112 Å². The number of Topliss-reactive ketones (excluding diaryl/α,β-unsaturated/α-hetero) is 3. The molecule has 392 valence electrons. The number of hydrogen-bond acceptors (Lipinski definition) is 11. The molecule has 4 amide bonds. The van der Waals surface area contributed by atoms with Crippen LogP contribution in [-0.2, 0) is 40.0 Å². The van der Waals surface area contributed by atoms with E-state index in [2.05, 4.69) is 33.2 Å². The molecule has 0 saturated heterocycles. The summed E-state index contributed by atoms with van der Waals surface area (Å²) < 4.78 is 0. The summed E-state index contributed by atoms with van der Waals surface area (Å²) >= 11 is 0. The van der Waals surface area contributed by atoms with Gasteiger partial charge in [-0.1, -0.05) is 135 Å². The lowest BCUT2D eigenvalue weighted by Gasteiger charge is -2.28. The number of ketones is 3. The zero-order valence-electron chi connectivity index (χ0n) is 42.6. The van der Waals surface area contributed by atoms with Gasteiger partial charge >= 0.3 is 0 Å². The van der Waals surface area contributed by atoms with Crippen LogP contribution in [0.15, 0.2) is 35.3 Å². The van der Waals surface area contributed by atoms with E-state index < -0.39 is 103 Å². The van der Waals surface area contributed by atoms with Crippen molar-refractivity contribution in [2.75, 3.05) is 19.8 Å². The third kappa shape index (κ3) is 27.3. The van der Waals surface area contributed by atoms with Crippen LogP contribution in [0, 0.1) is 23.7 Å². The Labute approximate surface area is 412 Å². The van der Waals surface area contributed by atoms with Crippen molar-refractivity contribution in [1.29, 1.82) is 0 Å². The highest BCUT2D eigenvalue weighted by atomic mass is 16.3. The van der Waals surface area contributed by atoms with Crippen LogP contribution in [0.25, 0.3) is 0 Å². The standard InChI is InChI=1S/C52H89N7O10/c1-7-8-9-10-11-12-13-14-15-16-17-18-22-27-46(66)58-48(38(6)62)51(69)59-47(35(2)3)45(65)31-40(30-39-25-20-19-21-26-39)49(67)56-37(5)43(63)32-41(33-60)50(68)57-42(34-61)44(64)29-36(4)24-23-28-55-52(53)54/h19-21,25-26,35-38,40-42,47-48,60-62H,7-18,22-24,27-34H2,1-6H3,(H,56,67)(H,57,68)(H,58,66)(H,59,69)(H4,53,54,55)/t36-,37+,38-,40-,41+,42+,47+,48+/m1/s1. The molecule has 11 N–H and O–H groups in total. The molecule has 1 aromatic carbocycles. The Morgan fingerprint density at radius 1 is 0.594 bits per heavy atom. The highest BCUT2D eigenvalue weighted by Crippen LogP contribution is 2.19. The molecule has 1 aromatic rings. The number of aliphatic imine (C=N–C) groups is 1. The summed E-state index contributed by atoms with van der Waals surface area (Å²) in [6.07, 6.45) is 14.7. The fraction of sp³-hybridized carbons (Fsp3) is 0.731. The summed E-state index contributed by atoms with van der Waals surface area (Å²) in [6.45, 7) is 9.28. The molecule has 0 aromatic heterocycles. The predicted octanol–water partition coefficient (Wildman–Crippen LogP) is 4.49. The fourth-order valence-electron chi connectivity index (χ4n) is 8.17. The molecule has 0 aliphatic rings. The van der Waals surface area contributed by atoms with Crippen LogP contribution >= 0.6 is 0 Å². The molecule has 0 spiro atoms. The molecule has 69 heavy (non-hydrogen) atoms. The number of carbonyl (C=O) groups is 7. The molecule has 0 heterocycles. The summed E-state index contributed by atoms with van der Waals surface area (Å²) in [5.41, 5.74) is 11.4. The van der Waals surface area contributed by atoms with Crippen molar-refractivity contribution in [3.63, 3.8) is 0 Å². The molecule has 0 unspecified atom stereocenters. The van der Waals surface area contributed by atoms with Crippen molar-refractivity contribution in [1.82, 2.24) is 21.3 Å². The topological polar surface area (TPSA) is 293 Å². The van der Waals surface area contributed by atoms with Gasteiger partial charge in [0.1, 0.15) is 12.1 Å². The number of nitrogens with two attached hydrogens (primary N) is 2. The van der Waals surface area contributed by atoms with E-state index in [4.69, 9.17) is 11.5 Å². The second-order valence-electron chi connectivity index (χ2n) is 19.3. The quantitative estimate of drug-likeness (QED) is 0.0250. The monoisotopic (exact) mass is 972 g/mol. The van der Waals surface area contributed by atoms with Gasteiger partial charge in [0.05, 0.1) is 37.3 Å².